The summed E-state index contributed by atoms with van der Waals surface area (Å²) < 4.78 is 0. The molecule has 0 bridgehead atoms. The summed E-state index contributed by atoms with van der Waals surface area (Å²) in [6, 6.07) is 0. The van der Waals surface area contributed by atoms with Crippen LogP contribution in [-0.2, 0) is 14.4 Å². The Hall–Kier alpha value is -0.990. The monoisotopic (exact) mass is 353 g/mol. The number of amides is 1. The number of rotatable bonds is 8. The van der Waals surface area contributed by atoms with Gasteiger partial charge in [-0.3, -0.25) is 9.59 Å². The van der Waals surface area contributed by atoms with Crippen molar-refractivity contribution >= 4 is 25.4 Å². The molecule has 0 N–H and O–H groups in total. The van der Waals surface area contributed by atoms with E-state index in [0.29, 0.717) is 25.0 Å². The molecule has 5 heteroatoms. The lowest BCUT2D eigenvalue weighted by Crippen LogP contribution is -2.37. The number of hydrogen-bond donors (Lipinski definition) is 0. The Labute approximate surface area is 148 Å². The second-order valence-electron chi connectivity index (χ2n) is 8.40. The quantitative estimate of drug-likeness (QED) is 0.588. The third-order valence-electron chi connectivity index (χ3n) is 4.32. The zero-order chi connectivity index (χ0) is 18.7. The first-order valence-electron chi connectivity index (χ1n) is 8.58. The SMILES string of the molecule is C=C1CCC(=O)N1O/C(=P/C)C(C)(C)CC(C)(C)CC(=O)C(C)C. The van der Waals surface area contributed by atoms with Crippen molar-refractivity contribution in [1.29, 1.82) is 0 Å². The highest BCUT2D eigenvalue weighted by atomic mass is 31.1. The van der Waals surface area contributed by atoms with Gasteiger partial charge in [-0.05, 0) is 24.9 Å². The van der Waals surface area contributed by atoms with Crippen molar-refractivity contribution in [3.63, 3.8) is 0 Å². The Morgan fingerprint density at radius 1 is 1.29 bits per heavy atom. The van der Waals surface area contributed by atoms with Crippen molar-refractivity contribution in [2.75, 3.05) is 6.66 Å². The molecular formula is C19H32NO3P. The van der Waals surface area contributed by atoms with Crippen LogP contribution in [-0.4, -0.2) is 28.9 Å². The lowest BCUT2D eigenvalue weighted by atomic mass is 9.72. The molecule has 1 heterocycles. The first kappa shape index (κ1) is 21.1. The molecule has 1 aliphatic rings. The van der Waals surface area contributed by atoms with Crippen molar-refractivity contribution in [2.45, 2.75) is 67.2 Å². The van der Waals surface area contributed by atoms with Gasteiger partial charge in [0, 0.05) is 29.9 Å². The van der Waals surface area contributed by atoms with Gasteiger partial charge in [0.2, 0.25) is 0 Å². The number of hydrogen-bond acceptors (Lipinski definition) is 3. The Balaban J connectivity index is 2.85. The number of Topliss-reactive ketones (excluding diaryl/α,β-unsaturated/α-hetero) is 1. The van der Waals surface area contributed by atoms with Gasteiger partial charge in [-0.25, -0.2) is 4.84 Å². The normalized spacial score (nSPS) is 17.2. The number of hydroxylamine groups is 2. The standard InChI is InChI=1S/C19H32NO3P/c1-13(2)15(21)11-18(4,5)12-19(6,7)17(24-8)23-20-14(3)9-10-16(20)22/h13H,3,9-12H2,1-2,4-8H3. The molecule has 0 radical (unpaired) electrons. The van der Waals surface area contributed by atoms with E-state index in [9.17, 15) is 9.59 Å². The first-order chi connectivity index (χ1) is 10.9. The molecule has 0 aromatic heterocycles. The predicted octanol–water partition coefficient (Wildman–Crippen LogP) is 4.82. The van der Waals surface area contributed by atoms with Crippen molar-refractivity contribution in [2.24, 2.45) is 16.7 Å². The minimum atomic E-state index is -0.250. The minimum Gasteiger partial charge on any atom is -0.299 e. The molecule has 24 heavy (non-hydrogen) atoms. The highest BCUT2D eigenvalue weighted by molar-refractivity contribution is 7.39. The summed E-state index contributed by atoms with van der Waals surface area (Å²) in [6.45, 7) is 18.3. The van der Waals surface area contributed by atoms with Gasteiger partial charge in [0.1, 0.15) is 11.3 Å². The number of ketones is 1. The number of carbonyl (C=O) groups is 2. The van der Waals surface area contributed by atoms with Gasteiger partial charge in [-0.1, -0.05) is 56.3 Å². The number of allylic oxidation sites excluding steroid dienone is 1. The topological polar surface area (TPSA) is 46.6 Å². The third-order valence-corrected chi connectivity index (χ3v) is 5.41. The van der Waals surface area contributed by atoms with E-state index in [1.54, 1.807) is 0 Å². The van der Waals surface area contributed by atoms with Crippen LogP contribution in [0.15, 0.2) is 12.3 Å². The highest BCUT2D eigenvalue weighted by Gasteiger charge is 2.37. The van der Waals surface area contributed by atoms with E-state index in [0.717, 1.165) is 20.1 Å². The van der Waals surface area contributed by atoms with Crippen LogP contribution in [0.5, 0.6) is 0 Å². The maximum absolute atomic E-state index is 12.1. The molecule has 4 nitrogen and oxygen atoms in total. The molecule has 0 aromatic carbocycles. The molecule has 0 unspecified atom stereocenters. The Bertz CT molecular complexity index is 531. The molecule has 1 saturated heterocycles. The first-order valence-corrected chi connectivity index (χ1v) is 9.92. The van der Waals surface area contributed by atoms with Crippen LogP contribution in [0.3, 0.4) is 0 Å². The molecular weight excluding hydrogens is 321 g/mol. The molecule has 0 spiro atoms. The number of carbonyl (C=O) groups excluding carboxylic acids is 2. The van der Waals surface area contributed by atoms with Crippen LogP contribution in [0.1, 0.15) is 67.2 Å². The van der Waals surface area contributed by atoms with Gasteiger partial charge in [0.05, 0.1) is 0 Å². The molecule has 0 atom stereocenters. The van der Waals surface area contributed by atoms with E-state index in [-0.39, 0.29) is 28.4 Å². The largest absolute Gasteiger partial charge is 0.299 e. The van der Waals surface area contributed by atoms with Gasteiger partial charge < -0.3 is 0 Å². The van der Waals surface area contributed by atoms with E-state index in [4.69, 9.17) is 4.84 Å². The fourth-order valence-electron chi connectivity index (χ4n) is 3.31. The summed E-state index contributed by atoms with van der Waals surface area (Å²) in [4.78, 5) is 30.0. The maximum atomic E-state index is 12.1. The fraction of sp³-hybridized carbons (Fsp3) is 0.737. The highest BCUT2D eigenvalue weighted by Crippen LogP contribution is 2.40. The molecule has 1 amide bonds. The van der Waals surface area contributed by atoms with Gasteiger partial charge >= 0.3 is 0 Å². The molecule has 0 aliphatic carbocycles. The smallest absolute Gasteiger partial charge is 0.251 e. The summed E-state index contributed by atoms with van der Waals surface area (Å²) in [7, 11) is 0.983. The summed E-state index contributed by atoms with van der Waals surface area (Å²) in [5.41, 5.74) is 1.17. The van der Waals surface area contributed by atoms with Crippen molar-refractivity contribution in [3.05, 3.63) is 12.3 Å². The molecule has 1 fully saturated rings. The van der Waals surface area contributed by atoms with E-state index in [1.165, 1.54) is 5.06 Å². The zero-order valence-electron chi connectivity index (χ0n) is 16.2. The van der Waals surface area contributed by atoms with E-state index >= 15 is 0 Å². The second-order valence-corrected chi connectivity index (χ2v) is 9.25. The summed E-state index contributed by atoms with van der Waals surface area (Å²) >= 11 is 0. The molecule has 0 aromatic rings. The van der Waals surface area contributed by atoms with Crippen LogP contribution in [0.25, 0.3) is 0 Å². The molecule has 1 aliphatic heterocycles. The van der Waals surface area contributed by atoms with Crippen molar-refractivity contribution in [3.8, 4) is 0 Å². The van der Waals surface area contributed by atoms with Gasteiger partial charge in [-0.2, -0.15) is 5.06 Å². The van der Waals surface area contributed by atoms with E-state index < -0.39 is 0 Å². The van der Waals surface area contributed by atoms with Crippen LogP contribution in [0.2, 0.25) is 0 Å². The van der Waals surface area contributed by atoms with Crippen LogP contribution < -0.4 is 0 Å². The van der Waals surface area contributed by atoms with Crippen molar-refractivity contribution < 1.29 is 14.4 Å². The lowest BCUT2D eigenvalue weighted by molar-refractivity contribution is -0.148. The Kier molecular flexibility index (Phi) is 6.95. The average Bonchev–Trinajstić information content (AvgIpc) is 2.73. The van der Waals surface area contributed by atoms with E-state index in [1.807, 2.05) is 20.5 Å². The van der Waals surface area contributed by atoms with Crippen LogP contribution >= 0.6 is 8.20 Å². The van der Waals surface area contributed by atoms with Crippen LogP contribution in [0.4, 0.5) is 0 Å². The van der Waals surface area contributed by atoms with Gasteiger partial charge in [0.15, 0.2) is 0 Å². The minimum absolute atomic E-state index is 0.0359. The van der Waals surface area contributed by atoms with Gasteiger partial charge in [0.25, 0.3) is 5.91 Å². The second kappa shape index (κ2) is 7.93. The van der Waals surface area contributed by atoms with E-state index in [2.05, 4.69) is 34.3 Å². The fourth-order valence-corrected chi connectivity index (χ4v) is 4.16. The number of nitrogens with zero attached hydrogens (tertiary/aromatic N) is 1. The third kappa shape index (κ3) is 5.53. The maximum Gasteiger partial charge on any atom is 0.251 e. The van der Waals surface area contributed by atoms with Crippen molar-refractivity contribution in [1.82, 2.24) is 5.06 Å². The average molecular weight is 353 g/mol. The lowest BCUT2D eigenvalue weighted by Gasteiger charge is -2.36. The summed E-state index contributed by atoms with van der Waals surface area (Å²) in [5, 5.41) is 1.35. The van der Waals surface area contributed by atoms with Gasteiger partial charge in [-0.15, -0.1) is 0 Å². The Morgan fingerprint density at radius 3 is 2.29 bits per heavy atom. The summed E-state index contributed by atoms with van der Waals surface area (Å²) in [5.74, 6) is 0.309. The molecule has 0 saturated carbocycles. The Morgan fingerprint density at radius 2 is 1.88 bits per heavy atom. The molecule has 1 rings (SSSR count). The zero-order valence-corrected chi connectivity index (χ0v) is 17.1. The molecule has 136 valence electrons. The van der Waals surface area contributed by atoms with Crippen LogP contribution in [0, 0.1) is 16.7 Å². The predicted molar refractivity (Wildman–Crippen MR) is 101 cm³/mol. The summed E-state index contributed by atoms with van der Waals surface area (Å²) in [6.07, 6.45) is 2.48.